The minimum atomic E-state index is -0.468. The molecule has 1 aromatic heterocycles. The molecule has 2 fully saturated rings. The molecule has 1 aliphatic heterocycles. The number of anilines is 1. The van der Waals surface area contributed by atoms with E-state index in [4.69, 9.17) is 22.1 Å². The van der Waals surface area contributed by atoms with Crippen LogP contribution in [0.1, 0.15) is 41.6 Å². The summed E-state index contributed by atoms with van der Waals surface area (Å²) < 4.78 is 4.76. The first-order valence-electron chi connectivity index (χ1n) is 10.5. The van der Waals surface area contributed by atoms with Crippen molar-refractivity contribution < 1.29 is 14.3 Å². The fraction of sp³-hybridized carbons (Fsp3) is 0.435. The van der Waals surface area contributed by atoms with Crippen LogP contribution in [0.25, 0.3) is 0 Å². The molecule has 1 saturated heterocycles. The predicted octanol–water partition coefficient (Wildman–Crippen LogP) is 3.60. The van der Waals surface area contributed by atoms with E-state index >= 15 is 0 Å². The molecule has 1 aliphatic carbocycles. The van der Waals surface area contributed by atoms with Gasteiger partial charge in [-0.15, -0.1) is 0 Å². The summed E-state index contributed by atoms with van der Waals surface area (Å²) in [7, 11) is 1.32. The van der Waals surface area contributed by atoms with E-state index in [1.165, 1.54) is 18.9 Å². The maximum Gasteiger partial charge on any atom is 0.339 e. The number of carbonyl (C=O) groups is 2. The molecular weight excluding hydrogens is 416 g/mol. The number of pyridine rings is 1. The third-order valence-corrected chi connectivity index (χ3v) is 6.91. The van der Waals surface area contributed by atoms with Crippen LogP contribution in [-0.4, -0.2) is 54.7 Å². The number of esters is 1. The molecule has 0 unspecified atom stereocenters. The van der Waals surface area contributed by atoms with E-state index < -0.39 is 5.97 Å². The molecule has 8 heteroatoms. The van der Waals surface area contributed by atoms with Crippen LogP contribution in [0.4, 0.5) is 10.5 Å². The molecule has 4 rings (SSSR count). The van der Waals surface area contributed by atoms with E-state index in [2.05, 4.69) is 11.1 Å². The second-order valence-corrected chi connectivity index (χ2v) is 8.71. The number of hydrogen-bond acceptors (Lipinski definition) is 5. The highest BCUT2D eigenvalue weighted by atomic mass is 35.5. The molecule has 1 saturated carbocycles. The van der Waals surface area contributed by atoms with Crippen LogP contribution >= 0.6 is 11.6 Å². The van der Waals surface area contributed by atoms with Crippen LogP contribution in [0.2, 0.25) is 5.02 Å². The van der Waals surface area contributed by atoms with Gasteiger partial charge in [0.25, 0.3) is 0 Å². The quantitative estimate of drug-likeness (QED) is 0.714. The van der Waals surface area contributed by atoms with Crippen LogP contribution in [-0.2, 0) is 10.2 Å². The van der Waals surface area contributed by atoms with Gasteiger partial charge in [0.1, 0.15) is 0 Å². The largest absolute Gasteiger partial charge is 0.465 e. The third-order valence-electron chi connectivity index (χ3n) is 6.68. The molecule has 0 bridgehead atoms. The van der Waals surface area contributed by atoms with Gasteiger partial charge < -0.3 is 15.4 Å². The number of aromatic nitrogens is 1. The van der Waals surface area contributed by atoms with Crippen molar-refractivity contribution >= 4 is 29.3 Å². The number of hydrogen-bond donors (Lipinski definition) is 1. The topological polar surface area (TPSA) is 88.8 Å². The average molecular weight is 443 g/mol. The number of nitrogens with two attached hydrogens (primary N) is 1. The summed E-state index contributed by atoms with van der Waals surface area (Å²) in [5.41, 5.74) is 8.25. The second kappa shape index (κ2) is 8.85. The Morgan fingerprint density at radius 3 is 2.71 bits per heavy atom. The van der Waals surface area contributed by atoms with Gasteiger partial charge in [0.2, 0.25) is 0 Å². The lowest BCUT2D eigenvalue weighted by atomic mass is 9.68. The van der Waals surface area contributed by atoms with Crippen molar-refractivity contribution in [1.82, 2.24) is 9.88 Å². The minimum Gasteiger partial charge on any atom is -0.465 e. The van der Waals surface area contributed by atoms with Crippen LogP contribution in [0.15, 0.2) is 42.7 Å². The Kier molecular flexibility index (Phi) is 6.16. The number of ether oxygens (including phenoxy) is 1. The second-order valence-electron chi connectivity index (χ2n) is 8.28. The molecule has 164 valence electrons. The molecule has 2 N–H and O–H groups in total. The van der Waals surface area contributed by atoms with Gasteiger partial charge in [0, 0.05) is 42.3 Å². The SMILES string of the molecule is COC(=O)c1cncc(N2CCN([C@H]3CC[C@](CN)(c4cccc(Cl)c4)CC3)C2=O)c1. The van der Waals surface area contributed by atoms with Crippen LogP contribution in [0.5, 0.6) is 0 Å². The van der Waals surface area contributed by atoms with Crippen molar-refractivity contribution in [2.45, 2.75) is 37.1 Å². The summed E-state index contributed by atoms with van der Waals surface area (Å²) in [6.07, 6.45) is 6.66. The molecule has 31 heavy (non-hydrogen) atoms. The highest BCUT2D eigenvalue weighted by Gasteiger charge is 2.41. The zero-order valence-electron chi connectivity index (χ0n) is 17.6. The van der Waals surface area contributed by atoms with Crippen LogP contribution in [0, 0.1) is 0 Å². The first kappa shape index (κ1) is 21.6. The number of carbonyl (C=O) groups excluding carboxylic acids is 2. The fourth-order valence-electron chi connectivity index (χ4n) is 4.83. The van der Waals surface area contributed by atoms with Gasteiger partial charge in [0.05, 0.1) is 24.6 Å². The van der Waals surface area contributed by atoms with Gasteiger partial charge in [-0.25, -0.2) is 9.59 Å². The summed E-state index contributed by atoms with van der Waals surface area (Å²) in [6.45, 7) is 1.78. The van der Waals surface area contributed by atoms with Crippen molar-refractivity contribution in [3.8, 4) is 0 Å². The number of methoxy groups -OCH3 is 1. The normalized spacial score (nSPS) is 23.8. The highest BCUT2D eigenvalue weighted by molar-refractivity contribution is 6.30. The summed E-state index contributed by atoms with van der Waals surface area (Å²) in [5, 5.41) is 0.723. The van der Waals surface area contributed by atoms with E-state index in [-0.39, 0.29) is 17.5 Å². The Bertz CT molecular complexity index is 975. The van der Waals surface area contributed by atoms with Gasteiger partial charge in [0.15, 0.2) is 0 Å². The molecule has 2 aromatic rings. The first-order valence-corrected chi connectivity index (χ1v) is 10.9. The summed E-state index contributed by atoms with van der Waals surface area (Å²) in [5.74, 6) is -0.468. The fourth-order valence-corrected chi connectivity index (χ4v) is 5.02. The molecule has 2 amide bonds. The van der Waals surface area contributed by atoms with E-state index in [0.717, 1.165) is 30.7 Å². The number of amides is 2. The van der Waals surface area contributed by atoms with E-state index in [1.54, 1.807) is 17.2 Å². The van der Waals surface area contributed by atoms with Crippen molar-refractivity contribution in [1.29, 1.82) is 0 Å². The smallest absolute Gasteiger partial charge is 0.339 e. The highest BCUT2D eigenvalue weighted by Crippen LogP contribution is 2.41. The molecule has 2 aliphatic rings. The van der Waals surface area contributed by atoms with Crippen molar-refractivity contribution in [2.75, 3.05) is 31.6 Å². The number of nitrogens with zero attached hydrogens (tertiary/aromatic N) is 3. The maximum absolute atomic E-state index is 13.2. The van der Waals surface area contributed by atoms with Crippen molar-refractivity contribution in [2.24, 2.45) is 5.73 Å². The summed E-state index contributed by atoms with van der Waals surface area (Å²) >= 11 is 6.22. The Morgan fingerprint density at radius 1 is 1.26 bits per heavy atom. The zero-order valence-corrected chi connectivity index (χ0v) is 18.3. The van der Waals surface area contributed by atoms with Crippen LogP contribution < -0.4 is 10.6 Å². The Labute approximate surface area is 187 Å². The third kappa shape index (κ3) is 4.12. The number of urea groups is 1. The monoisotopic (exact) mass is 442 g/mol. The van der Waals surface area contributed by atoms with E-state index in [1.807, 2.05) is 23.1 Å². The molecule has 1 aromatic carbocycles. The Balaban J connectivity index is 1.45. The Hall–Kier alpha value is -2.64. The van der Waals surface area contributed by atoms with Gasteiger partial charge in [-0.2, -0.15) is 0 Å². The van der Waals surface area contributed by atoms with Crippen molar-refractivity contribution in [3.63, 3.8) is 0 Å². The lowest BCUT2D eigenvalue weighted by Gasteiger charge is -2.42. The first-order chi connectivity index (χ1) is 15.0. The van der Waals surface area contributed by atoms with Gasteiger partial charge in [-0.3, -0.25) is 9.88 Å². The Morgan fingerprint density at radius 2 is 2.03 bits per heavy atom. The molecule has 7 nitrogen and oxygen atoms in total. The molecule has 0 atom stereocenters. The van der Waals surface area contributed by atoms with Crippen molar-refractivity contribution in [3.05, 3.63) is 58.9 Å². The van der Waals surface area contributed by atoms with E-state index in [0.29, 0.717) is 30.9 Å². The lowest BCUT2D eigenvalue weighted by Crippen LogP contribution is -2.46. The summed E-state index contributed by atoms with van der Waals surface area (Å²) in [6, 6.07) is 9.74. The number of halogens is 1. The average Bonchev–Trinajstić information content (AvgIpc) is 3.20. The zero-order chi connectivity index (χ0) is 22.0. The standard InChI is InChI=1S/C23H27ClN4O3/c1-31-21(29)16-11-20(14-26-13-16)28-10-9-27(22(28)30)19-5-7-23(15-25,8-6-19)17-3-2-4-18(24)12-17/h2-4,11-14,19H,5-10,15,25H2,1H3/t19-,23-. The molecule has 2 heterocycles. The molecule has 0 spiro atoms. The molecular formula is C23H27ClN4O3. The van der Waals surface area contributed by atoms with Gasteiger partial charge in [-0.1, -0.05) is 23.7 Å². The minimum absolute atomic E-state index is 0.0446. The predicted molar refractivity (Wildman–Crippen MR) is 119 cm³/mol. The van der Waals surface area contributed by atoms with Crippen LogP contribution in [0.3, 0.4) is 0 Å². The van der Waals surface area contributed by atoms with Gasteiger partial charge >= 0.3 is 12.0 Å². The van der Waals surface area contributed by atoms with Gasteiger partial charge in [-0.05, 0) is 49.4 Å². The molecule has 0 radical (unpaired) electrons. The van der Waals surface area contributed by atoms with E-state index in [9.17, 15) is 9.59 Å². The summed E-state index contributed by atoms with van der Waals surface area (Å²) in [4.78, 5) is 32.7. The number of benzene rings is 1. The number of rotatable bonds is 5. The maximum atomic E-state index is 13.2. The lowest BCUT2D eigenvalue weighted by molar-refractivity contribution is 0.0600.